The Labute approximate surface area is 345 Å². The van der Waals surface area contributed by atoms with Crippen molar-refractivity contribution in [1.82, 2.24) is 14.5 Å². The molecule has 3 heterocycles. The zero-order valence-electron chi connectivity index (χ0n) is 30.6. The molecule has 5 heteroatoms. The van der Waals surface area contributed by atoms with Crippen molar-refractivity contribution in [2.45, 2.75) is 6.92 Å². The van der Waals surface area contributed by atoms with Crippen molar-refractivity contribution in [1.29, 1.82) is 0 Å². The molecule has 56 heavy (non-hydrogen) atoms. The molecule has 3 nitrogen and oxygen atoms in total. The van der Waals surface area contributed by atoms with Crippen molar-refractivity contribution in [2.75, 3.05) is 0 Å². The number of nitrogens with zero attached hydrogens (tertiary/aromatic N) is 3. The molecule has 0 saturated carbocycles. The number of rotatable bonds is 6. The predicted molar refractivity (Wildman–Crippen MR) is 230 cm³/mol. The Morgan fingerprint density at radius 3 is 1.84 bits per heavy atom. The first-order valence-corrected chi connectivity index (χ1v) is 19.1. The monoisotopic (exact) mass is 914 g/mol. The van der Waals surface area contributed by atoms with Gasteiger partial charge < -0.3 is 9.55 Å². The third-order valence-electron chi connectivity index (χ3n) is 9.70. The molecule has 10 aromatic rings. The molecule has 271 valence electrons. The van der Waals surface area contributed by atoms with Crippen molar-refractivity contribution in [3.8, 4) is 61.7 Å². The number of aromatic nitrogens is 3. The molecule has 0 aliphatic heterocycles. The number of para-hydroxylation sites is 2. The number of imidazole rings is 1. The second-order valence-corrected chi connectivity index (χ2v) is 14.2. The van der Waals surface area contributed by atoms with E-state index in [1.54, 1.807) is 17.5 Å². The van der Waals surface area contributed by atoms with E-state index < -0.39 is 0 Å². The number of fused-ring (bicyclic) bond motifs is 2. The fraction of sp³-hybridized carbons (Fsp3) is 0.0196. The van der Waals surface area contributed by atoms with Crippen molar-refractivity contribution in [2.24, 2.45) is 0 Å². The van der Waals surface area contributed by atoms with E-state index in [1.807, 2.05) is 42.5 Å². The van der Waals surface area contributed by atoms with Crippen LogP contribution in [0.5, 0.6) is 0 Å². The van der Waals surface area contributed by atoms with Gasteiger partial charge in [-0.1, -0.05) is 149 Å². The van der Waals surface area contributed by atoms with Crippen molar-refractivity contribution in [3.63, 3.8) is 0 Å². The van der Waals surface area contributed by atoms with Gasteiger partial charge in [0.1, 0.15) is 0 Å². The van der Waals surface area contributed by atoms with Gasteiger partial charge in [-0.2, -0.15) is 0 Å². The molecule has 1 radical (unpaired) electrons. The molecule has 0 saturated heterocycles. The van der Waals surface area contributed by atoms with Crippen LogP contribution in [-0.4, -0.2) is 14.5 Å². The molecular formula is C51H35IrN3S-2. The molecule has 0 atom stereocenters. The third kappa shape index (κ3) is 7.41. The summed E-state index contributed by atoms with van der Waals surface area (Å²) in [6.07, 6.45) is 1.79. The van der Waals surface area contributed by atoms with E-state index >= 15 is 0 Å². The van der Waals surface area contributed by atoms with Crippen LogP contribution in [0.4, 0.5) is 0 Å². The number of thiophene rings is 1. The molecule has 10 rings (SSSR count). The van der Waals surface area contributed by atoms with Crippen LogP contribution < -0.4 is 0 Å². The molecule has 0 fully saturated rings. The van der Waals surface area contributed by atoms with Crippen molar-refractivity contribution < 1.29 is 20.1 Å². The molecule has 0 bridgehead atoms. The Balaban J connectivity index is 0.000000290. The zero-order chi connectivity index (χ0) is 37.0. The normalized spacial score (nSPS) is 10.8. The fourth-order valence-electron chi connectivity index (χ4n) is 7.14. The van der Waals surface area contributed by atoms with Crippen molar-refractivity contribution in [3.05, 3.63) is 211 Å². The van der Waals surface area contributed by atoms with Gasteiger partial charge in [0, 0.05) is 37.4 Å². The summed E-state index contributed by atoms with van der Waals surface area (Å²) in [7, 11) is 0. The van der Waals surface area contributed by atoms with Crippen LogP contribution in [0, 0.1) is 18.4 Å². The average Bonchev–Trinajstić information content (AvgIpc) is 3.86. The Morgan fingerprint density at radius 2 is 1.20 bits per heavy atom. The molecule has 0 aliphatic rings. The van der Waals surface area contributed by atoms with Crippen LogP contribution in [-0.2, 0) is 20.1 Å². The van der Waals surface area contributed by atoms with E-state index in [0.717, 1.165) is 44.8 Å². The Hall–Kier alpha value is -6.23. The maximum Gasteiger partial charge on any atom is 0.0774 e. The van der Waals surface area contributed by atoms with Gasteiger partial charge in [-0.3, -0.25) is 16.3 Å². The van der Waals surface area contributed by atoms with Crippen LogP contribution >= 0.6 is 11.3 Å². The van der Waals surface area contributed by atoms with Gasteiger partial charge in [0.2, 0.25) is 0 Å². The van der Waals surface area contributed by atoms with Gasteiger partial charge in [-0.15, -0.1) is 41.3 Å². The van der Waals surface area contributed by atoms with E-state index in [1.165, 1.54) is 43.6 Å². The minimum atomic E-state index is 0. The maximum atomic E-state index is 5.31. The largest absolute Gasteiger partial charge is 0.332 e. The number of pyridine rings is 1. The Bertz CT molecular complexity index is 2750. The summed E-state index contributed by atoms with van der Waals surface area (Å²) < 4.78 is 3.57. The standard InChI is InChI=1S/C40H27N2S.C11H8N.Ir/c1-27-23-32(29-15-7-3-8-16-29)39(33(24-27)30-17-9-4-10-18-30)42-37-20-12-11-19-36(37)41-40(42)35-26-43-38-22-21-31(25-34(35)38)28-13-5-2-6-14-28;1-2-6-10(7-3-1)11-8-4-5-9-12-11;/h2-25H,1H3;1-6,8-9H;/q2*-1;. The van der Waals surface area contributed by atoms with E-state index in [9.17, 15) is 0 Å². The Morgan fingerprint density at radius 1 is 0.571 bits per heavy atom. The molecule has 7 aromatic carbocycles. The van der Waals surface area contributed by atoms with E-state index in [0.29, 0.717) is 0 Å². The van der Waals surface area contributed by atoms with Crippen LogP contribution in [0.15, 0.2) is 194 Å². The van der Waals surface area contributed by atoms with E-state index in [4.69, 9.17) is 4.98 Å². The number of hydrogen-bond donors (Lipinski definition) is 0. The summed E-state index contributed by atoms with van der Waals surface area (Å²) >= 11 is 1.65. The van der Waals surface area contributed by atoms with Gasteiger partial charge in [0.25, 0.3) is 0 Å². The van der Waals surface area contributed by atoms with Gasteiger partial charge in [0.05, 0.1) is 22.5 Å². The van der Waals surface area contributed by atoms with Gasteiger partial charge in [-0.25, -0.2) is 0 Å². The summed E-state index contributed by atoms with van der Waals surface area (Å²) in [5.74, 6) is 0.899. The summed E-state index contributed by atoms with van der Waals surface area (Å²) in [5, 5.41) is 4.83. The molecule has 0 unspecified atom stereocenters. The van der Waals surface area contributed by atoms with Crippen LogP contribution in [0.25, 0.3) is 82.8 Å². The van der Waals surface area contributed by atoms with Gasteiger partial charge in [0.15, 0.2) is 0 Å². The summed E-state index contributed by atoms with van der Waals surface area (Å²) in [5.41, 5.74) is 14.5. The second-order valence-electron chi connectivity index (χ2n) is 13.3. The number of benzene rings is 7. The minimum Gasteiger partial charge on any atom is -0.332 e. The first-order valence-electron chi connectivity index (χ1n) is 18.3. The predicted octanol–water partition coefficient (Wildman–Crippen LogP) is 13.6. The third-order valence-corrected chi connectivity index (χ3v) is 10.6. The maximum absolute atomic E-state index is 5.31. The topological polar surface area (TPSA) is 30.7 Å². The summed E-state index contributed by atoms with van der Waals surface area (Å²) in [6.45, 7) is 2.18. The number of hydrogen-bond acceptors (Lipinski definition) is 3. The molecule has 3 aromatic heterocycles. The molecular weight excluding hydrogens is 879 g/mol. The zero-order valence-corrected chi connectivity index (χ0v) is 33.8. The summed E-state index contributed by atoms with van der Waals surface area (Å²) in [6, 6.07) is 68.6. The van der Waals surface area contributed by atoms with Crippen molar-refractivity contribution >= 4 is 32.5 Å². The first-order chi connectivity index (χ1) is 27.2. The SMILES string of the molecule is Cc1cc(-c2ccccc2)c(-n2c(-c3[c-]sc4ccc(-c5ccccc5)cc34)nc3ccccc32)c(-c2ccccc2)c1.[Ir].[c-]1ccccc1-c1ccccn1. The van der Waals surface area contributed by atoms with Crippen LogP contribution in [0.3, 0.4) is 0 Å². The second kappa shape index (κ2) is 16.6. The minimum absolute atomic E-state index is 0. The average molecular weight is 914 g/mol. The number of aryl methyl sites for hydroxylation is 1. The quantitative estimate of drug-likeness (QED) is 0.156. The molecule has 0 spiro atoms. The van der Waals surface area contributed by atoms with Crippen LogP contribution in [0.1, 0.15) is 5.56 Å². The molecule has 0 aliphatic carbocycles. The fourth-order valence-corrected chi connectivity index (χ4v) is 7.96. The molecule has 0 amide bonds. The van der Waals surface area contributed by atoms with Gasteiger partial charge >= 0.3 is 0 Å². The molecule has 0 N–H and O–H groups in total. The smallest absolute Gasteiger partial charge is 0.0774 e. The summed E-state index contributed by atoms with van der Waals surface area (Å²) in [4.78, 5) is 9.53. The van der Waals surface area contributed by atoms with Gasteiger partial charge in [-0.05, 0) is 70.8 Å². The van der Waals surface area contributed by atoms with E-state index in [2.05, 4.69) is 174 Å². The Kier molecular flexibility index (Phi) is 10.9. The van der Waals surface area contributed by atoms with Crippen LogP contribution in [0.2, 0.25) is 0 Å². The first kappa shape index (κ1) is 36.7. The van der Waals surface area contributed by atoms with E-state index in [-0.39, 0.29) is 20.1 Å².